The molecule has 4 heteroatoms. The van der Waals surface area contributed by atoms with Gasteiger partial charge in [0.15, 0.2) is 0 Å². The molecule has 1 N–H and O–H groups in total. The zero-order valence-electron chi connectivity index (χ0n) is 13.6. The van der Waals surface area contributed by atoms with Crippen LogP contribution in [0.2, 0.25) is 0 Å². The second-order valence-corrected chi connectivity index (χ2v) is 5.88. The number of rotatable bonds is 5. The average molecular weight is 301 g/mol. The molecule has 0 spiro atoms. The summed E-state index contributed by atoms with van der Waals surface area (Å²) in [5, 5.41) is 10.2. The van der Waals surface area contributed by atoms with Crippen LogP contribution in [0.15, 0.2) is 41.2 Å². The van der Waals surface area contributed by atoms with Crippen molar-refractivity contribution >= 4 is 0 Å². The van der Waals surface area contributed by atoms with Gasteiger partial charge in [-0.2, -0.15) is 0 Å². The normalized spacial score (nSPS) is 11.5. The van der Waals surface area contributed by atoms with Crippen molar-refractivity contribution in [2.75, 3.05) is 7.11 Å². The highest BCUT2D eigenvalue weighted by Crippen LogP contribution is 2.25. The molecule has 4 nitrogen and oxygen atoms in total. The molecule has 0 aliphatic carbocycles. The van der Waals surface area contributed by atoms with Crippen LogP contribution in [0.1, 0.15) is 32.8 Å². The van der Waals surface area contributed by atoms with Crippen LogP contribution < -0.4 is 10.3 Å². The fourth-order valence-electron chi connectivity index (χ4n) is 2.52. The lowest BCUT2D eigenvalue weighted by Gasteiger charge is -2.21. The Morgan fingerprint density at radius 1 is 1.23 bits per heavy atom. The molecule has 0 aliphatic heterocycles. The Morgan fingerprint density at radius 3 is 2.55 bits per heavy atom. The number of aliphatic hydroxyl groups is 1. The third-order valence-electron chi connectivity index (χ3n) is 3.65. The SMILES string of the molecule is CCCn1c(-c2cccc(OC)c2)ccc(C(C)(C)O)c1=O. The molecule has 0 saturated carbocycles. The van der Waals surface area contributed by atoms with Crippen LogP contribution in [0.5, 0.6) is 5.75 Å². The number of aromatic nitrogens is 1. The monoisotopic (exact) mass is 301 g/mol. The van der Waals surface area contributed by atoms with Crippen LogP contribution in [0.4, 0.5) is 0 Å². The van der Waals surface area contributed by atoms with Gasteiger partial charge in [0.25, 0.3) is 5.56 Å². The molecule has 0 radical (unpaired) electrons. The molecule has 22 heavy (non-hydrogen) atoms. The van der Waals surface area contributed by atoms with E-state index in [-0.39, 0.29) is 5.56 Å². The van der Waals surface area contributed by atoms with E-state index in [4.69, 9.17) is 4.74 Å². The molecular weight excluding hydrogens is 278 g/mol. The minimum atomic E-state index is -1.15. The number of hydrogen-bond acceptors (Lipinski definition) is 3. The lowest BCUT2D eigenvalue weighted by Crippen LogP contribution is -2.32. The Kier molecular flexibility index (Phi) is 4.71. The van der Waals surface area contributed by atoms with Crippen molar-refractivity contribution in [3.05, 3.63) is 52.3 Å². The summed E-state index contributed by atoms with van der Waals surface area (Å²) in [6.07, 6.45) is 0.839. The Morgan fingerprint density at radius 2 is 1.95 bits per heavy atom. The van der Waals surface area contributed by atoms with Crippen molar-refractivity contribution in [2.45, 2.75) is 39.3 Å². The molecule has 2 rings (SSSR count). The van der Waals surface area contributed by atoms with Gasteiger partial charge in [0.05, 0.1) is 18.4 Å². The smallest absolute Gasteiger partial charge is 0.257 e. The van der Waals surface area contributed by atoms with Gasteiger partial charge < -0.3 is 14.4 Å². The van der Waals surface area contributed by atoms with Crippen LogP contribution in [0, 0.1) is 0 Å². The highest BCUT2D eigenvalue weighted by Gasteiger charge is 2.22. The summed E-state index contributed by atoms with van der Waals surface area (Å²) in [5.74, 6) is 0.750. The van der Waals surface area contributed by atoms with E-state index in [9.17, 15) is 9.90 Å². The number of hydrogen-bond donors (Lipinski definition) is 1. The number of nitrogens with zero attached hydrogens (tertiary/aromatic N) is 1. The summed E-state index contributed by atoms with van der Waals surface area (Å²) in [6, 6.07) is 11.2. The van der Waals surface area contributed by atoms with Crippen LogP contribution in [0.3, 0.4) is 0 Å². The molecule has 1 aromatic carbocycles. The second-order valence-electron chi connectivity index (χ2n) is 5.88. The van der Waals surface area contributed by atoms with E-state index < -0.39 is 5.60 Å². The maximum Gasteiger partial charge on any atom is 0.257 e. The van der Waals surface area contributed by atoms with E-state index in [2.05, 4.69) is 0 Å². The molecule has 1 heterocycles. The van der Waals surface area contributed by atoms with E-state index in [1.165, 1.54) is 0 Å². The predicted molar refractivity (Wildman–Crippen MR) is 88.2 cm³/mol. The molecule has 0 atom stereocenters. The maximum atomic E-state index is 12.7. The van der Waals surface area contributed by atoms with Gasteiger partial charge in [-0.15, -0.1) is 0 Å². The fourth-order valence-corrected chi connectivity index (χ4v) is 2.52. The minimum Gasteiger partial charge on any atom is -0.497 e. The highest BCUT2D eigenvalue weighted by molar-refractivity contribution is 5.62. The zero-order chi connectivity index (χ0) is 16.3. The van der Waals surface area contributed by atoms with Crippen molar-refractivity contribution in [3.8, 4) is 17.0 Å². The molecule has 1 aromatic heterocycles. The molecular formula is C18H23NO3. The fraction of sp³-hybridized carbons (Fsp3) is 0.389. The first-order valence-electron chi connectivity index (χ1n) is 7.49. The molecule has 0 saturated heterocycles. The summed E-state index contributed by atoms with van der Waals surface area (Å²) < 4.78 is 6.98. The molecule has 0 bridgehead atoms. The van der Waals surface area contributed by atoms with Crippen molar-refractivity contribution < 1.29 is 9.84 Å². The minimum absolute atomic E-state index is 0.144. The number of pyridine rings is 1. The summed E-state index contributed by atoms with van der Waals surface area (Å²) in [5.41, 5.74) is 0.868. The van der Waals surface area contributed by atoms with E-state index in [1.807, 2.05) is 37.3 Å². The summed E-state index contributed by atoms with van der Waals surface area (Å²) in [6.45, 7) is 5.89. The Hall–Kier alpha value is -2.07. The van der Waals surface area contributed by atoms with Gasteiger partial charge in [-0.1, -0.05) is 19.1 Å². The molecule has 2 aromatic rings. The van der Waals surface area contributed by atoms with Crippen LogP contribution in [-0.2, 0) is 12.1 Å². The van der Waals surface area contributed by atoms with Gasteiger partial charge in [-0.25, -0.2) is 0 Å². The van der Waals surface area contributed by atoms with E-state index in [0.717, 1.165) is 23.4 Å². The van der Waals surface area contributed by atoms with Crippen molar-refractivity contribution in [1.82, 2.24) is 4.57 Å². The van der Waals surface area contributed by atoms with Gasteiger partial charge >= 0.3 is 0 Å². The standard InChI is InChI=1S/C18H23NO3/c1-5-11-19-16(13-7-6-8-14(12-13)22-4)10-9-15(17(19)20)18(2,3)21/h6-10,12,21H,5,11H2,1-4H3. The Balaban J connectivity index is 2.66. The molecule has 0 amide bonds. The lowest BCUT2D eigenvalue weighted by molar-refractivity contribution is 0.0765. The number of benzene rings is 1. The van der Waals surface area contributed by atoms with E-state index in [0.29, 0.717) is 12.1 Å². The average Bonchev–Trinajstić information content (AvgIpc) is 2.48. The summed E-state index contributed by atoms with van der Waals surface area (Å²) >= 11 is 0. The van der Waals surface area contributed by atoms with Gasteiger partial charge in [-0.3, -0.25) is 4.79 Å². The van der Waals surface area contributed by atoms with Crippen LogP contribution in [0.25, 0.3) is 11.3 Å². The van der Waals surface area contributed by atoms with E-state index >= 15 is 0 Å². The largest absolute Gasteiger partial charge is 0.497 e. The first-order chi connectivity index (χ1) is 10.4. The third kappa shape index (κ3) is 3.22. The number of methoxy groups -OCH3 is 1. The van der Waals surface area contributed by atoms with Crippen molar-refractivity contribution in [1.29, 1.82) is 0 Å². The Bertz CT molecular complexity index is 711. The number of ether oxygens (including phenoxy) is 1. The Labute approximate surface area is 131 Å². The lowest BCUT2D eigenvalue weighted by atomic mass is 9.98. The quantitative estimate of drug-likeness (QED) is 0.923. The first kappa shape index (κ1) is 16.3. The molecule has 118 valence electrons. The molecule has 0 unspecified atom stereocenters. The maximum absolute atomic E-state index is 12.7. The van der Waals surface area contributed by atoms with Gasteiger partial charge in [0, 0.05) is 17.7 Å². The van der Waals surface area contributed by atoms with Crippen molar-refractivity contribution in [2.24, 2.45) is 0 Å². The van der Waals surface area contributed by atoms with Gasteiger partial charge in [0.1, 0.15) is 5.75 Å². The van der Waals surface area contributed by atoms with E-state index in [1.54, 1.807) is 31.6 Å². The topological polar surface area (TPSA) is 51.5 Å². The zero-order valence-corrected chi connectivity index (χ0v) is 13.6. The molecule has 0 aliphatic rings. The van der Waals surface area contributed by atoms with Gasteiger partial charge in [0.2, 0.25) is 0 Å². The van der Waals surface area contributed by atoms with Gasteiger partial charge in [-0.05, 0) is 44.5 Å². The summed E-state index contributed by atoms with van der Waals surface area (Å²) in [4.78, 5) is 12.7. The predicted octanol–water partition coefficient (Wildman–Crippen LogP) is 3.16. The first-order valence-corrected chi connectivity index (χ1v) is 7.49. The van der Waals surface area contributed by atoms with Crippen LogP contribution >= 0.6 is 0 Å². The summed E-state index contributed by atoms with van der Waals surface area (Å²) in [7, 11) is 1.62. The second kappa shape index (κ2) is 6.36. The highest BCUT2D eigenvalue weighted by atomic mass is 16.5. The third-order valence-corrected chi connectivity index (χ3v) is 3.65. The van der Waals surface area contributed by atoms with Crippen LogP contribution in [-0.4, -0.2) is 16.8 Å². The molecule has 0 fully saturated rings. The van der Waals surface area contributed by atoms with Crippen molar-refractivity contribution in [3.63, 3.8) is 0 Å².